The summed E-state index contributed by atoms with van der Waals surface area (Å²) < 4.78 is 9.95. The maximum absolute atomic E-state index is 12.1. The fraction of sp³-hybridized carbons (Fsp3) is 0.444. The van der Waals surface area contributed by atoms with E-state index >= 15 is 0 Å². The van der Waals surface area contributed by atoms with E-state index in [0.29, 0.717) is 22.3 Å². The molecule has 3 rings (SSSR count). The molecular weight excluding hydrogens is 358 g/mol. The number of benzene rings is 1. The highest BCUT2D eigenvalue weighted by atomic mass is 35.5. The summed E-state index contributed by atoms with van der Waals surface area (Å²) >= 11 is 6.20. The van der Waals surface area contributed by atoms with Crippen LogP contribution in [0.3, 0.4) is 0 Å². The van der Waals surface area contributed by atoms with Crippen LogP contribution in [0.4, 0.5) is 0 Å². The second kappa shape index (κ2) is 7.55. The SMILES string of the molecule is COC(=O)c1cc2nc(Cl)c(CNC(=O)C3CC(OC)C3)nc2cc1C. The number of carbonyl (C=O) groups is 2. The van der Waals surface area contributed by atoms with E-state index in [0.717, 1.165) is 18.4 Å². The molecule has 0 saturated heterocycles. The zero-order valence-corrected chi connectivity index (χ0v) is 15.6. The van der Waals surface area contributed by atoms with Crippen molar-refractivity contribution in [1.29, 1.82) is 0 Å². The van der Waals surface area contributed by atoms with Gasteiger partial charge in [-0.2, -0.15) is 0 Å². The van der Waals surface area contributed by atoms with Crippen LogP contribution >= 0.6 is 11.6 Å². The van der Waals surface area contributed by atoms with Gasteiger partial charge in [0.05, 0.1) is 42.0 Å². The van der Waals surface area contributed by atoms with Crippen molar-refractivity contribution in [3.05, 3.63) is 34.1 Å². The molecule has 1 aliphatic carbocycles. The Balaban J connectivity index is 1.76. The lowest BCUT2D eigenvalue weighted by Gasteiger charge is -2.32. The molecule has 7 nitrogen and oxygen atoms in total. The molecule has 0 spiro atoms. The first-order valence-electron chi connectivity index (χ1n) is 8.28. The largest absolute Gasteiger partial charge is 0.465 e. The lowest BCUT2D eigenvalue weighted by molar-refractivity contribution is -0.132. The molecule has 138 valence electrons. The molecule has 1 heterocycles. The Bertz CT molecular complexity index is 865. The standard InChI is InChI=1S/C18H20ClN3O4/c1-9-4-13-14(7-12(9)18(24)26-3)22-16(19)15(21-13)8-20-17(23)10-5-11(6-10)25-2/h4,7,10-11H,5-6,8H2,1-3H3,(H,20,23). The van der Waals surface area contributed by atoms with E-state index < -0.39 is 5.97 Å². The second-order valence-electron chi connectivity index (χ2n) is 6.35. The molecule has 2 aromatic rings. The number of ether oxygens (including phenoxy) is 2. The molecule has 0 aliphatic heterocycles. The van der Waals surface area contributed by atoms with E-state index in [2.05, 4.69) is 15.3 Å². The third kappa shape index (κ3) is 3.64. The summed E-state index contributed by atoms with van der Waals surface area (Å²) in [6, 6.07) is 3.36. The molecule has 1 amide bonds. The number of esters is 1. The van der Waals surface area contributed by atoms with Gasteiger partial charge in [0.25, 0.3) is 0 Å². The summed E-state index contributed by atoms with van der Waals surface area (Å²) in [5.74, 6) is -0.501. The minimum Gasteiger partial charge on any atom is -0.465 e. The van der Waals surface area contributed by atoms with Crippen LogP contribution in [0.15, 0.2) is 12.1 Å². The smallest absolute Gasteiger partial charge is 0.338 e. The van der Waals surface area contributed by atoms with Gasteiger partial charge in [0, 0.05) is 13.0 Å². The summed E-state index contributed by atoms with van der Waals surface area (Å²) in [6.45, 7) is 2.00. The number of aromatic nitrogens is 2. The molecule has 26 heavy (non-hydrogen) atoms. The average molecular weight is 378 g/mol. The molecule has 1 aliphatic rings. The normalized spacial score (nSPS) is 19.1. The van der Waals surface area contributed by atoms with Crippen molar-refractivity contribution in [3.8, 4) is 0 Å². The van der Waals surface area contributed by atoms with Crippen molar-refractivity contribution >= 4 is 34.5 Å². The fourth-order valence-corrected chi connectivity index (χ4v) is 3.15. The van der Waals surface area contributed by atoms with Gasteiger partial charge in [0.15, 0.2) is 5.15 Å². The van der Waals surface area contributed by atoms with E-state index in [-0.39, 0.29) is 29.6 Å². The van der Waals surface area contributed by atoms with Gasteiger partial charge in [-0.3, -0.25) is 4.79 Å². The van der Waals surface area contributed by atoms with Crippen LogP contribution in [0, 0.1) is 12.8 Å². The van der Waals surface area contributed by atoms with Crippen molar-refractivity contribution in [2.24, 2.45) is 5.92 Å². The summed E-state index contributed by atoms with van der Waals surface area (Å²) in [7, 11) is 2.98. The number of nitrogens with zero attached hydrogens (tertiary/aromatic N) is 2. The molecule has 0 bridgehead atoms. The van der Waals surface area contributed by atoms with Crippen molar-refractivity contribution in [2.45, 2.75) is 32.4 Å². The number of fused-ring (bicyclic) bond motifs is 1. The molecule has 1 N–H and O–H groups in total. The number of halogens is 1. The number of nitrogens with one attached hydrogen (secondary N) is 1. The topological polar surface area (TPSA) is 90.4 Å². The van der Waals surface area contributed by atoms with Gasteiger partial charge in [-0.25, -0.2) is 14.8 Å². The summed E-state index contributed by atoms with van der Waals surface area (Å²) in [5, 5.41) is 3.04. The molecule has 1 aromatic carbocycles. The minimum atomic E-state index is -0.437. The van der Waals surface area contributed by atoms with E-state index in [9.17, 15) is 9.59 Å². The number of hydrogen-bond donors (Lipinski definition) is 1. The first kappa shape index (κ1) is 18.5. The minimum absolute atomic E-state index is 0.0306. The number of amides is 1. The summed E-state index contributed by atoms with van der Waals surface area (Å²) in [6.07, 6.45) is 1.63. The third-order valence-corrected chi connectivity index (χ3v) is 4.97. The maximum atomic E-state index is 12.1. The lowest BCUT2D eigenvalue weighted by atomic mass is 9.81. The lowest BCUT2D eigenvalue weighted by Crippen LogP contribution is -2.41. The monoisotopic (exact) mass is 377 g/mol. The van der Waals surface area contributed by atoms with E-state index in [4.69, 9.17) is 21.1 Å². The van der Waals surface area contributed by atoms with Crippen LogP contribution in [-0.2, 0) is 20.8 Å². The Kier molecular flexibility index (Phi) is 5.38. The highest BCUT2D eigenvalue weighted by Gasteiger charge is 2.34. The van der Waals surface area contributed by atoms with Crippen LogP contribution in [0.25, 0.3) is 11.0 Å². The first-order chi connectivity index (χ1) is 12.4. The molecule has 1 aromatic heterocycles. The quantitative estimate of drug-likeness (QED) is 0.805. The maximum Gasteiger partial charge on any atom is 0.338 e. The number of carbonyl (C=O) groups excluding carboxylic acids is 2. The summed E-state index contributed by atoms with van der Waals surface area (Å²) in [4.78, 5) is 32.7. The van der Waals surface area contributed by atoms with Crippen LogP contribution in [0.5, 0.6) is 0 Å². The van der Waals surface area contributed by atoms with Crippen molar-refractivity contribution in [2.75, 3.05) is 14.2 Å². The van der Waals surface area contributed by atoms with Gasteiger partial charge < -0.3 is 14.8 Å². The summed E-state index contributed by atoms with van der Waals surface area (Å²) in [5.41, 5.74) is 2.74. The molecule has 0 unspecified atom stereocenters. The second-order valence-corrected chi connectivity index (χ2v) is 6.71. The zero-order valence-electron chi connectivity index (χ0n) is 14.8. The molecular formula is C18H20ClN3O4. The fourth-order valence-electron chi connectivity index (χ4n) is 2.95. The first-order valence-corrected chi connectivity index (χ1v) is 8.66. The Morgan fingerprint density at radius 1 is 1.23 bits per heavy atom. The number of aryl methyl sites for hydroxylation is 1. The van der Waals surface area contributed by atoms with E-state index in [1.54, 1.807) is 26.2 Å². The van der Waals surface area contributed by atoms with Crippen LogP contribution in [-0.4, -0.2) is 42.2 Å². The number of methoxy groups -OCH3 is 2. The van der Waals surface area contributed by atoms with Gasteiger partial charge in [-0.15, -0.1) is 0 Å². The highest BCUT2D eigenvalue weighted by molar-refractivity contribution is 6.30. The molecule has 1 saturated carbocycles. The molecule has 0 atom stereocenters. The van der Waals surface area contributed by atoms with E-state index in [1.807, 2.05) is 0 Å². The average Bonchev–Trinajstić information content (AvgIpc) is 2.58. The van der Waals surface area contributed by atoms with Gasteiger partial charge in [0.1, 0.15) is 0 Å². The Labute approximate surface area is 156 Å². The van der Waals surface area contributed by atoms with Crippen LogP contribution in [0.2, 0.25) is 5.15 Å². The van der Waals surface area contributed by atoms with Gasteiger partial charge in [-0.05, 0) is 37.5 Å². The number of rotatable bonds is 5. The molecule has 1 fully saturated rings. The van der Waals surface area contributed by atoms with Gasteiger partial charge >= 0.3 is 5.97 Å². The highest BCUT2D eigenvalue weighted by Crippen LogP contribution is 2.29. The third-order valence-electron chi connectivity index (χ3n) is 4.67. The zero-order chi connectivity index (χ0) is 18.8. The number of hydrogen-bond acceptors (Lipinski definition) is 6. The predicted molar refractivity (Wildman–Crippen MR) is 96.0 cm³/mol. The van der Waals surface area contributed by atoms with Crippen molar-refractivity contribution in [3.63, 3.8) is 0 Å². The van der Waals surface area contributed by atoms with Crippen molar-refractivity contribution in [1.82, 2.24) is 15.3 Å². The Morgan fingerprint density at radius 2 is 1.92 bits per heavy atom. The molecule has 0 radical (unpaired) electrons. The van der Waals surface area contributed by atoms with Gasteiger partial charge in [0.2, 0.25) is 5.91 Å². The van der Waals surface area contributed by atoms with Crippen LogP contribution in [0.1, 0.15) is 34.5 Å². The Hall–Kier alpha value is -2.25. The molecule has 8 heteroatoms. The van der Waals surface area contributed by atoms with Crippen LogP contribution < -0.4 is 5.32 Å². The predicted octanol–water partition coefficient (Wildman–Crippen LogP) is 2.42. The van der Waals surface area contributed by atoms with Gasteiger partial charge in [-0.1, -0.05) is 11.6 Å². The van der Waals surface area contributed by atoms with Crippen molar-refractivity contribution < 1.29 is 19.1 Å². The van der Waals surface area contributed by atoms with E-state index in [1.165, 1.54) is 7.11 Å². The Morgan fingerprint density at radius 3 is 2.58 bits per heavy atom.